The normalized spacial score (nSPS) is 13.5. The molecule has 0 radical (unpaired) electrons. The highest BCUT2D eigenvalue weighted by Crippen LogP contribution is 2.33. The first kappa shape index (κ1) is 18.5. The fraction of sp³-hybridized carbons (Fsp3) is 0.450. The van der Waals surface area contributed by atoms with Gasteiger partial charge in [-0.05, 0) is 38.0 Å². The zero-order chi connectivity index (χ0) is 20.0. The Morgan fingerprint density at radius 3 is 2.71 bits per heavy atom. The van der Waals surface area contributed by atoms with Crippen molar-refractivity contribution in [2.45, 2.75) is 33.9 Å². The zero-order valence-electron chi connectivity index (χ0n) is 16.7. The average Bonchev–Trinajstić information content (AvgIpc) is 3.24. The molecule has 0 saturated carbocycles. The van der Waals surface area contributed by atoms with Crippen molar-refractivity contribution in [2.75, 3.05) is 24.7 Å². The Kier molecular flexibility index (Phi) is 4.58. The molecule has 1 aromatic carbocycles. The number of ether oxygens (including phenoxy) is 1. The van der Waals surface area contributed by atoms with Crippen molar-refractivity contribution in [3.8, 4) is 0 Å². The molecule has 1 aliphatic rings. The van der Waals surface area contributed by atoms with Crippen molar-refractivity contribution in [3.63, 3.8) is 0 Å². The lowest BCUT2D eigenvalue weighted by atomic mass is 10.1. The van der Waals surface area contributed by atoms with E-state index in [1.807, 2.05) is 11.5 Å². The molecule has 8 nitrogen and oxygen atoms in total. The van der Waals surface area contributed by atoms with Gasteiger partial charge in [-0.1, -0.05) is 12.1 Å². The summed E-state index contributed by atoms with van der Waals surface area (Å²) in [5.74, 6) is 0.707. The van der Waals surface area contributed by atoms with Gasteiger partial charge >= 0.3 is 5.69 Å². The molecule has 0 amide bonds. The third-order valence-electron chi connectivity index (χ3n) is 5.32. The van der Waals surface area contributed by atoms with Gasteiger partial charge in [0.25, 0.3) is 5.56 Å². The summed E-state index contributed by atoms with van der Waals surface area (Å²) in [4.78, 5) is 32.6. The van der Waals surface area contributed by atoms with Crippen LogP contribution in [0, 0.1) is 13.8 Å². The van der Waals surface area contributed by atoms with Crippen LogP contribution in [0.4, 0.5) is 11.6 Å². The molecule has 0 bridgehead atoms. The molecule has 8 heteroatoms. The van der Waals surface area contributed by atoms with E-state index in [-0.39, 0.29) is 17.8 Å². The van der Waals surface area contributed by atoms with Crippen LogP contribution < -0.4 is 16.1 Å². The van der Waals surface area contributed by atoms with Gasteiger partial charge in [-0.15, -0.1) is 0 Å². The summed E-state index contributed by atoms with van der Waals surface area (Å²) in [5.41, 5.74) is 3.62. The lowest BCUT2D eigenvalue weighted by Crippen LogP contribution is -2.40. The van der Waals surface area contributed by atoms with Gasteiger partial charge in [0.2, 0.25) is 5.95 Å². The lowest BCUT2D eigenvalue weighted by Gasteiger charge is -2.19. The Balaban J connectivity index is 1.88. The van der Waals surface area contributed by atoms with Gasteiger partial charge in [-0.3, -0.25) is 13.9 Å². The molecule has 0 aliphatic carbocycles. The van der Waals surface area contributed by atoms with E-state index in [1.165, 1.54) is 14.7 Å². The fourth-order valence-electron chi connectivity index (χ4n) is 3.81. The molecule has 0 N–H and O–H groups in total. The highest BCUT2D eigenvalue weighted by Gasteiger charge is 2.29. The van der Waals surface area contributed by atoms with Crippen molar-refractivity contribution in [1.82, 2.24) is 18.7 Å². The number of fused-ring (bicyclic) bond motifs is 3. The maximum absolute atomic E-state index is 13.1. The molecular weight excluding hydrogens is 358 g/mol. The molecule has 3 aromatic rings. The molecule has 4 rings (SSSR count). The quantitative estimate of drug-likeness (QED) is 0.627. The van der Waals surface area contributed by atoms with E-state index in [1.54, 1.807) is 7.05 Å². The molecule has 2 aromatic heterocycles. The predicted molar refractivity (Wildman–Crippen MR) is 109 cm³/mol. The van der Waals surface area contributed by atoms with Gasteiger partial charge in [-0.25, -0.2) is 4.79 Å². The van der Waals surface area contributed by atoms with E-state index in [0.717, 1.165) is 17.8 Å². The van der Waals surface area contributed by atoms with Crippen molar-refractivity contribution < 1.29 is 4.74 Å². The third-order valence-corrected chi connectivity index (χ3v) is 5.32. The predicted octanol–water partition coefficient (Wildman–Crippen LogP) is 1.70. The summed E-state index contributed by atoms with van der Waals surface area (Å²) in [6.07, 6.45) is 0. The molecular formula is C20H25N5O3. The Bertz CT molecular complexity index is 1170. The number of hydrogen-bond acceptors (Lipinski definition) is 5. The number of aromatic nitrogens is 4. The van der Waals surface area contributed by atoms with E-state index < -0.39 is 0 Å². The molecule has 0 saturated heterocycles. The number of aryl methyl sites for hydroxylation is 3. The summed E-state index contributed by atoms with van der Waals surface area (Å²) in [5, 5.41) is 0. The highest BCUT2D eigenvalue weighted by atomic mass is 16.5. The number of anilines is 2. The number of benzene rings is 1. The van der Waals surface area contributed by atoms with Crippen molar-refractivity contribution >= 4 is 22.8 Å². The van der Waals surface area contributed by atoms with Crippen molar-refractivity contribution in [3.05, 3.63) is 50.2 Å². The Labute approximate surface area is 162 Å². The van der Waals surface area contributed by atoms with E-state index in [9.17, 15) is 9.59 Å². The molecule has 0 unspecified atom stereocenters. The average molecular weight is 383 g/mol. The first-order valence-electron chi connectivity index (χ1n) is 9.56. The zero-order valence-corrected chi connectivity index (χ0v) is 16.7. The summed E-state index contributed by atoms with van der Waals surface area (Å²) < 4.78 is 9.96. The van der Waals surface area contributed by atoms with Crippen LogP contribution in [0.5, 0.6) is 0 Å². The minimum atomic E-state index is -0.368. The van der Waals surface area contributed by atoms with Crippen LogP contribution in [0.3, 0.4) is 0 Å². The summed E-state index contributed by atoms with van der Waals surface area (Å²) in [6.45, 7) is 8.50. The van der Waals surface area contributed by atoms with E-state index in [0.29, 0.717) is 36.9 Å². The van der Waals surface area contributed by atoms with Gasteiger partial charge in [0.05, 0.1) is 13.2 Å². The Morgan fingerprint density at radius 1 is 1.18 bits per heavy atom. The third kappa shape index (κ3) is 2.75. The maximum Gasteiger partial charge on any atom is 0.332 e. The lowest BCUT2D eigenvalue weighted by molar-refractivity contribution is 0.137. The second-order valence-corrected chi connectivity index (χ2v) is 7.17. The smallest absolute Gasteiger partial charge is 0.332 e. The van der Waals surface area contributed by atoms with Gasteiger partial charge in [0.15, 0.2) is 11.2 Å². The van der Waals surface area contributed by atoms with E-state index >= 15 is 0 Å². The standard InChI is InChI=1S/C20H25N5O3/c1-5-28-11-10-25-18(26)16-17(22(4)20(25)27)21-19-23(8-9-24(16)19)15-12-13(2)6-7-14(15)3/h6-7,12H,5,8-11H2,1-4H3. The molecule has 0 atom stereocenters. The van der Waals surface area contributed by atoms with Crippen LogP contribution in [-0.4, -0.2) is 38.4 Å². The first-order valence-corrected chi connectivity index (χ1v) is 9.56. The molecule has 0 fully saturated rings. The van der Waals surface area contributed by atoms with Gasteiger partial charge in [-0.2, -0.15) is 4.98 Å². The monoisotopic (exact) mass is 383 g/mol. The minimum Gasteiger partial charge on any atom is -0.380 e. The topological polar surface area (TPSA) is 74.3 Å². The largest absolute Gasteiger partial charge is 0.380 e. The molecule has 148 valence electrons. The first-order chi connectivity index (χ1) is 13.4. The van der Waals surface area contributed by atoms with Crippen molar-refractivity contribution in [1.29, 1.82) is 0 Å². The SMILES string of the molecule is CCOCCn1c(=O)c2c(nc3n2CCN3c2cc(C)ccc2C)n(C)c1=O. The van der Waals surface area contributed by atoms with Gasteiger partial charge in [0, 0.05) is 32.4 Å². The van der Waals surface area contributed by atoms with Gasteiger partial charge in [0.1, 0.15) is 0 Å². The van der Waals surface area contributed by atoms with Crippen molar-refractivity contribution in [2.24, 2.45) is 7.05 Å². The van der Waals surface area contributed by atoms with Gasteiger partial charge < -0.3 is 14.2 Å². The maximum atomic E-state index is 13.1. The summed E-state index contributed by atoms with van der Waals surface area (Å²) in [7, 11) is 1.66. The number of rotatable bonds is 5. The minimum absolute atomic E-state index is 0.233. The molecule has 28 heavy (non-hydrogen) atoms. The summed E-state index contributed by atoms with van der Waals surface area (Å²) in [6, 6.07) is 6.30. The Hall–Kier alpha value is -2.87. The number of imidazole rings is 1. The highest BCUT2D eigenvalue weighted by molar-refractivity contribution is 5.78. The van der Waals surface area contributed by atoms with Crippen LogP contribution in [0.15, 0.2) is 27.8 Å². The second-order valence-electron chi connectivity index (χ2n) is 7.17. The fourth-order valence-corrected chi connectivity index (χ4v) is 3.81. The molecule has 1 aliphatic heterocycles. The van der Waals surface area contributed by atoms with Crippen LogP contribution in [-0.2, 0) is 24.9 Å². The molecule has 0 spiro atoms. The van der Waals surface area contributed by atoms with Crippen LogP contribution in [0.25, 0.3) is 11.2 Å². The summed E-state index contributed by atoms with van der Waals surface area (Å²) >= 11 is 0. The molecule has 3 heterocycles. The van der Waals surface area contributed by atoms with E-state index in [4.69, 9.17) is 4.74 Å². The Morgan fingerprint density at radius 2 is 1.96 bits per heavy atom. The van der Waals surface area contributed by atoms with E-state index in [2.05, 4.69) is 41.9 Å². The number of hydrogen-bond donors (Lipinski definition) is 0. The van der Waals surface area contributed by atoms with Crippen LogP contribution in [0.2, 0.25) is 0 Å². The second kappa shape index (κ2) is 6.94. The van der Waals surface area contributed by atoms with Crippen LogP contribution in [0.1, 0.15) is 18.1 Å². The van der Waals surface area contributed by atoms with Crippen LogP contribution >= 0.6 is 0 Å². The number of nitrogens with zero attached hydrogens (tertiary/aromatic N) is 5.